The molecule has 0 atom stereocenters. The predicted molar refractivity (Wildman–Crippen MR) is 79.9 cm³/mol. The van der Waals surface area contributed by atoms with Crippen LogP contribution in [0.4, 0.5) is 11.6 Å². The van der Waals surface area contributed by atoms with E-state index in [2.05, 4.69) is 25.5 Å². The second kappa shape index (κ2) is 6.25. The molecule has 0 spiro atoms. The van der Waals surface area contributed by atoms with Crippen LogP contribution in [-0.4, -0.2) is 26.1 Å². The summed E-state index contributed by atoms with van der Waals surface area (Å²) in [5.41, 5.74) is 8.76. The van der Waals surface area contributed by atoms with Crippen LogP contribution >= 0.6 is 0 Å². The first-order chi connectivity index (χ1) is 10.0. The van der Waals surface area contributed by atoms with Gasteiger partial charge in [-0.15, -0.1) is 10.2 Å². The number of nitrogens with one attached hydrogen (secondary N) is 1. The van der Waals surface area contributed by atoms with Crippen LogP contribution in [0.25, 0.3) is 0 Å². The molecule has 0 aromatic carbocycles. The van der Waals surface area contributed by atoms with Crippen molar-refractivity contribution in [3.8, 4) is 0 Å². The SMILES string of the molecule is CCc1nnc(NC(=O)c2cc(N)cnc2C)nc1CC. The third kappa shape index (κ3) is 3.31. The average Bonchev–Trinajstić information content (AvgIpc) is 2.49. The normalized spacial score (nSPS) is 10.4. The number of amides is 1. The van der Waals surface area contributed by atoms with Crippen molar-refractivity contribution in [2.24, 2.45) is 0 Å². The Hall–Kier alpha value is -2.57. The van der Waals surface area contributed by atoms with E-state index in [1.165, 1.54) is 6.20 Å². The Bertz CT molecular complexity index is 671. The molecule has 7 nitrogen and oxygen atoms in total. The van der Waals surface area contributed by atoms with Crippen LogP contribution in [0.3, 0.4) is 0 Å². The molecule has 0 unspecified atom stereocenters. The fraction of sp³-hybridized carbons (Fsp3) is 0.357. The molecule has 0 saturated carbocycles. The summed E-state index contributed by atoms with van der Waals surface area (Å²) in [5, 5.41) is 10.7. The smallest absolute Gasteiger partial charge is 0.259 e. The summed E-state index contributed by atoms with van der Waals surface area (Å²) in [6.07, 6.45) is 3.01. The van der Waals surface area contributed by atoms with Crippen molar-refractivity contribution in [3.63, 3.8) is 0 Å². The van der Waals surface area contributed by atoms with Gasteiger partial charge in [0.2, 0.25) is 5.95 Å². The molecular weight excluding hydrogens is 268 g/mol. The maximum absolute atomic E-state index is 12.2. The minimum Gasteiger partial charge on any atom is -0.397 e. The first kappa shape index (κ1) is 14.8. The summed E-state index contributed by atoms with van der Waals surface area (Å²) >= 11 is 0. The monoisotopic (exact) mass is 286 g/mol. The first-order valence-electron chi connectivity index (χ1n) is 6.81. The van der Waals surface area contributed by atoms with E-state index < -0.39 is 0 Å². The molecule has 0 aliphatic carbocycles. The lowest BCUT2D eigenvalue weighted by Gasteiger charge is -2.08. The van der Waals surface area contributed by atoms with E-state index in [1.807, 2.05) is 13.8 Å². The summed E-state index contributed by atoms with van der Waals surface area (Å²) in [5.74, 6) is -0.156. The fourth-order valence-corrected chi connectivity index (χ4v) is 1.94. The molecule has 21 heavy (non-hydrogen) atoms. The van der Waals surface area contributed by atoms with E-state index in [0.717, 1.165) is 24.2 Å². The van der Waals surface area contributed by atoms with Crippen molar-refractivity contribution < 1.29 is 4.79 Å². The van der Waals surface area contributed by atoms with Gasteiger partial charge in [0, 0.05) is 0 Å². The van der Waals surface area contributed by atoms with Crippen molar-refractivity contribution in [3.05, 3.63) is 34.9 Å². The van der Waals surface area contributed by atoms with E-state index in [1.54, 1.807) is 13.0 Å². The largest absolute Gasteiger partial charge is 0.397 e. The van der Waals surface area contributed by atoms with Gasteiger partial charge in [-0.3, -0.25) is 15.1 Å². The molecule has 0 aliphatic heterocycles. The van der Waals surface area contributed by atoms with E-state index in [-0.39, 0.29) is 11.9 Å². The number of nitrogens with two attached hydrogens (primary N) is 1. The van der Waals surface area contributed by atoms with Gasteiger partial charge in [0.15, 0.2) is 0 Å². The van der Waals surface area contributed by atoms with Gasteiger partial charge in [-0.25, -0.2) is 4.98 Å². The molecule has 2 rings (SSSR count). The van der Waals surface area contributed by atoms with Gasteiger partial charge in [-0.2, -0.15) is 0 Å². The van der Waals surface area contributed by atoms with Crippen LogP contribution in [0.15, 0.2) is 12.3 Å². The van der Waals surface area contributed by atoms with Gasteiger partial charge in [-0.05, 0) is 25.8 Å². The van der Waals surface area contributed by atoms with E-state index in [0.29, 0.717) is 16.9 Å². The van der Waals surface area contributed by atoms with Crippen LogP contribution in [0.1, 0.15) is 41.3 Å². The molecule has 0 saturated heterocycles. The van der Waals surface area contributed by atoms with Crippen molar-refractivity contribution in [2.75, 3.05) is 11.1 Å². The zero-order valence-corrected chi connectivity index (χ0v) is 12.3. The van der Waals surface area contributed by atoms with Gasteiger partial charge < -0.3 is 5.73 Å². The molecule has 7 heteroatoms. The molecule has 2 aromatic rings. The van der Waals surface area contributed by atoms with E-state index in [9.17, 15) is 4.79 Å². The highest BCUT2D eigenvalue weighted by Crippen LogP contribution is 2.12. The molecule has 2 heterocycles. The van der Waals surface area contributed by atoms with Crippen molar-refractivity contribution in [1.82, 2.24) is 20.2 Å². The highest BCUT2D eigenvalue weighted by atomic mass is 16.1. The number of anilines is 2. The summed E-state index contributed by atoms with van der Waals surface area (Å²) in [6, 6.07) is 1.58. The molecule has 1 amide bonds. The van der Waals surface area contributed by atoms with Crippen molar-refractivity contribution >= 4 is 17.5 Å². The lowest BCUT2D eigenvalue weighted by molar-refractivity contribution is 0.102. The summed E-state index contributed by atoms with van der Waals surface area (Å²) in [7, 11) is 0. The first-order valence-corrected chi connectivity index (χ1v) is 6.81. The quantitative estimate of drug-likeness (QED) is 0.882. The summed E-state index contributed by atoms with van der Waals surface area (Å²) < 4.78 is 0. The maximum Gasteiger partial charge on any atom is 0.259 e. The molecule has 0 aliphatic rings. The minimum atomic E-state index is -0.347. The van der Waals surface area contributed by atoms with Gasteiger partial charge in [0.25, 0.3) is 5.91 Å². The Morgan fingerprint density at radius 2 is 1.95 bits per heavy atom. The molecular formula is C14H18N6O. The van der Waals surface area contributed by atoms with Gasteiger partial charge in [0.1, 0.15) is 0 Å². The van der Waals surface area contributed by atoms with Crippen molar-refractivity contribution in [1.29, 1.82) is 0 Å². The van der Waals surface area contributed by atoms with Crippen molar-refractivity contribution in [2.45, 2.75) is 33.6 Å². The highest BCUT2D eigenvalue weighted by molar-refractivity contribution is 6.04. The number of carbonyl (C=O) groups excluding carboxylic acids is 1. The van der Waals surface area contributed by atoms with Crippen LogP contribution < -0.4 is 11.1 Å². The summed E-state index contributed by atoms with van der Waals surface area (Å²) in [4.78, 5) is 20.6. The van der Waals surface area contributed by atoms with Gasteiger partial charge in [-0.1, -0.05) is 13.8 Å². The number of rotatable bonds is 4. The second-order valence-electron chi connectivity index (χ2n) is 4.59. The maximum atomic E-state index is 12.2. The molecule has 110 valence electrons. The topological polar surface area (TPSA) is 107 Å². The fourth-order valence-electron chi connectivity index (χ4n) is 1.94. The number of hydrogen-bond donors (Lipinski definition) is 2. The van der Waals surface area contributed by atoms with Crippen LogP contribution in [0.2, 0.25) is 0 Å². The number of aryl methyl sites for hydroxylation is 3. The number of pyridine rings is 1. The van der Waals surface area contributed by atoms with Gasteiger partial charge >= 0.3 is 0 Å². The molecule has 0 bridgehead atoms. The number of nitrogens with zero attached hydrogens (tertiary/aromatic N) is 4. The van der Waals surface area contributed by atoms with E-state index in [4.69, 9.17) is 5.73 Å². The zero-order chi connectivity index (χ0) is 15.4. The van der Waals surface area contributed by atoms with Gasteiger partial charge in [0.05, 0.1) is 34.5 Å². The number of nitrogen functional groups attached to an aromatic ring is 1. The van der Waals surface area contributed by atoms with Crippen LogP contribution in [-0.2, 0) is 12.8 Å². The molecule has 0 fully saturated rings. The standard InChI is InChI=1S/C14H18N6O/c1-4-11-12(5-2)19-20-14(17-11)18-13(21)10-6-9(15)7-16-8(10)3/h6-7H,4-5,15H2,1-3H3,(H,17,18,20,21). The zero-order valence-electron chi connectivity index (χ0n) is 12.3. The lowest BCUT2D eigenvalue weighted by Crippen LogP contribution is -2.18. The van der Waals surface area contributed by atoms with E-state index >= 15 is 0 Å². The number of carbonyl (C=O) groups is 1. The Morgan fingerprint density at radius 1 is 1.24 bits per heavy atom. The average molecular weight is 286 g/mol. The van der Waals surface area contributed by atoms with Crippen LogP contribution in [0, 0.1) is 6.92 Å². The predicted octanol–water partition coefficient (Wildman–Crippen LogP) is 1.53. The third-order valence-corrected chi connectivity index (χ3v) is 3.09. The Kier molecular flexibility index (Phi) is 4.42. The lowest BCUT2D eigenvalue weighted by atomic mass is 10.2. The Morgan fingerprint density at radius 3 is 2.62 bits per heavy atom. The second-order valence-corrected chi connectivity index (χ2v) is 4.59. The highest BCUT2D eigenvalue weighted by Gasteiger charge is 2.13. The van der Waals surface area contributed by atoms with Crippen LogP contribution in [0.5, 0.6) is 0 Å². The summed E-state index contributed by atoms with van der Waals surface area (Å²) in [6.45, 7) is 5.72. The molecule has 0 radical (unpaired) electrons. The Balaban J connectivity index is 2.25. The molecule has 3 N–H and O–H groups in total. The Labute approximate surface area is 123 Å². The molecule has 2 aromatic heterocycles. The number of aromatic nitrogens is 4. The minimum absolute atomic E-state index is 0.191. The third-order valence-electron chi connectivity index (χ3n) is 3.09. The number of hydrogen-bond acceptors (Lipinski definition) is 6.